The molecule has 0 unspecified atom stereocenters. The molecule has 0 aliphatic carbocycles. The summed E-state index contributed by atoms with van der Waals surface area (Å²) < 4.78 is 69.1. The maximum atomic E-state index is 12.5. The predicted octanol–water partition coefficient (Wildman–Crippen LogP) is 0.383. The Kier molecular flexibility index (Phi) is 4.82. The van der Waals surface area contributed by atoms with Crippen LogP contribution in [-0.2, 0) is 19.9 Å². The zero-order valence-electron chi connectivity index (χ0n) is 9.58. The average Bonchev–Trinajstić information content (AvgIpc) is 2.27. The van der Waals surface area contributed by atoms with E-state index >= 15 is 0 Å². The van der Waals surface area contributed by atoms with Crippen LogP contribution in [0, 0.1) is 0 Å². The van der Waals surface area contributed by atoms with Gasteiger partial charge in [0.05, 0.1) is 16.3 Å². The van der Waals surface area contributed by atoms with Gasteiger partial charge in [0.25, 0.3) is 0 Å². The standard InChI is InChI=1S/C9H12F2N2O4S2/c10-9(11)19(16,17)8-4-2-1-3-7(8)13-5-6-18(12,14)15/h1-4,9,13H,5-6H2,(H2,12,14,15). The molecule has 108 valence electrons. The summed E-state index contributed by atoms with van der Waals surface area (Å²) in [6, 6.07) is 5.00. The van der Waals surface area contributed by atoms with E-state index in [4.69, 9.17) is 5.14 Å². The molecule has 0 bridgehead atoms. The molecule has 0 radical (unpaired) electrons. The van der Waals surface area contributed by atoms with Crippen molar-refractivity contribution >= 4 is 25.5 Å². The van der Waals surface area contributed by atoms with Crippen molar-refractivity contribution in [3.05, 3.63) is 24.3 Å². The van der Waals surface area contributed by atoms with Crippen molar-refractivity contribution in [1.29, 1.82) is 0 Å². The summed E-state index contributed by atoms with van der Waals surface area (Å²) in [5.74, 6) is -4.00. The SMILES string of the molecule is NS(=O)(=O)CCNc1ccccc1S(=O)(=O)C(F)F. The number of hydrogen-bond donors (Lipinski definition) is 2. The van der Waals surface area contributed by atoms with E-state index in [9.17, 15) is 25.6 Å². The van der Waals surface area contributed by atoms with Crippen molar-refractivity contribution in [2.75, 3.05) is 17.6 Å². The van der Waals surface area contributed by atoms with Gasteiger partial charge in [-0.3, -0.25) is 0 Å². The molecular weight excluding hydrogens is 302 g/mol. The first-order valence-electron chi connectivity index (χ1n) is 5.00. The van der Waals surface area contributed by atoms with Gasteiger partial charge in [0.1, 0.15) is 0 Å². The maximum Gasteiger partial charge on any atom is 0.341 e. The number of anilines is 1. The highest BCUT2D eigenvalue weighted by atomic mass is 32.2. The summed E-state index contributed by atoms with van der Waals surface area (Å²) in [4.78, 5) is -0.584. The van der Waals surface area contributed by atoms with Gasteiger partial charge in [0.15, 0.2) is 0 Å². The Morgan fingerprint density at radius 3 is 2.26 bits per heavy atom. The van der Waals surface area contributed by atoms with Gasteiger partial charge < -0.3 is 5.32 Å². The lowest BCUT2D eigenvalue weighted by molar-refractivity contribution is 0.235. The molecule has 0 aliphatic heterocycles. The van der Waals surface area contributed by atoms with Crippen LogP contribution in [0.2, 0.25) is 0 Å². The number of hydrogen-bond acceptors (Lipinski definition) is 5. The highest BCUT2D eigenvalue weighted by Crippen LogP contribution is 2.25. The number of sulfone groups is 1. The smallest absolute Gasteiger partial charge is 0.341 e. The molecule has 1 aromatic rings. The minimum Gasteiger partial charge on any atom is -0.383 e. The van der Waals surface area contributed by atoms with E-state index in [0.717, 1.165) is 6.07 Å². The van der Waals surface area contributed by atoms with Crippen LogP contribution in [-0.4, -0.2) is 34.9 Å². The Balaban J connectivity index is 2.98. The van der Waals surface area contributed by atoms with E-state index in [0.29, 0.717) is 0 Å². The first-order valence-corrected chi connectivity index (χ1v) is 8.26. The molecule has 0 aliphatic rings. The number of sulfonamides is 1. The molecule has 0 atom stereocenters. The molecule has 1 rings (SSSR count). The molecule has 0 spiro atoms. The van der Waals surface area contributed by atoms with Crippen LogP contribution < -0.4 is 10.5 Å². The maximum absolute atomic E-state index is 12.5. The summed E-state index contributed by atoms with van der Waals surface area (Å²) in [6.07, 6.45) is 0. The van der Waals surface area contributed by atoms with Gasteiger partial charge in [-0.2, -0.15) is 8.78 Å². The fourth-order valence-electron chi connectivity index (χ4n) is 1.28. The summed E-state index contributed by atoms with van der Waals surface area (Å²) in [5.41, 5.74) is -0.0912. The van der Waals surface area contributed by atoms with E-state index in [-0.39, 0.29) is 12.2 Å². The minimum atomic E-state index is -4.75. The largest absolute Gasteiger partial charge is 0.383 e. The Labute approximate surface area is 109 Å². The van der Waals surface area contributed by atoms with E-state index in [2.05, 4.69) is 5.32 Å². The first kappa shape index (κ1) is 15.8. The number of para-hydroxylation sites is 1. The van der Waals surface area contributed by atoms with Crippen molar-refractivity contribution in [2.45, 2.75) is 10.7 Å². The van der Waals surface area contributed by atoms with E-state index in [1.54, 1.807) is 0 Å². The predicted molar refractivity (Wildman–Crippen MR) is 66.1 cm³/mol. The van der Waals surface area contributed by atoms with Gasteiger partial charge in [0, 0.05) is 6.54 Å². The van der Waals surface area contributed by atoms with Crippen LogP contribution in [0.4, 0.5) is 14.5 Å². The topological polar surface area (TPSA) is 106 Å². The number of primary sulfonamides is 1. The molecule has 10 heteroatoms. The van der Waals surface area contributed by atoms with Crippen LogP contribution >= 0.6 is 0 Å². The summed E-state index contributed by atoms with van der Waals surface area (Å²) in [5, 5.41) is 7.22. The lowest BCUT2D eigenvalue weighted by Crippen LogP contribution is -2.23. The summed E-state index contributed by atoms with van der Waals surface area (Å²) in [6.45, 7) is -0.186. The lowest BCUT2D eigenvalue weighted by Gasteiger charge is -2.11. The molecule has 0 heterocycles. The summed E-state index contributed by atoms with van der Waals surface area (Å²) >= 11 is 0. The second kappa shape index (κ2) is 5.80. The molecule has 19 heavy (non-hydrogen) atoms. The van der Waals surface area contributed by atoms with Gasteiger partial charge >= 0.3 is 5.76 Å². The molecule has 6 nitrogen and oxygen atoms in total. The molecule has 0 amide bonds. The van der Waals surface area contributed by atoms with E-state index < -0.39 is 36.3 Å². The van der Waals surface area contributed by atoms with Gasteiger partial charge in [0.2, 0.25) is 19.9 Å². The second-order valence-electron chi connectivity index (χ2n) is 3.60. The third-order valence-electron chi connectivity index (χ3n) is 2.13. The Hall–Kier alpha value is -1.26. The molecule has 1 aromatic carbocycles. The Morgan fingerprint density at radius 1 is 1.16 bits per heavy atom. The van der Waals surface area contributed by atoms with Crippen LogP contribution in [0.3, 0.4) is 0 Å². The minimum absolute atomic E-state index is 0.0912. The van der Waals surface area contributed by atoms with Crippen molar-refractivity contribution < 1.29 is 25.6 Å². The molecule has 0 saturated heterocycles. The Morgan fingerprint density at radius 2 is 1.74 bits per heavy atom. The number of nitrogens with one attached hydrogen (secondary N) is 1. The van der Waals surface area contributed by atoms with Gasteiger partial charge in [-0.25, -0.2) is 22.0 Å². The van der Waals surface area contributed by atoms with Gasteiger partial charge in [-0.1, -0.05) is 12.1 Å². The zero-order valence-corrected chi connectivity index (χ0v) is 11.2. The number of benzene rings is 1. The van der Waals surface area contributed by atoms with Crippen molar-refractivity contribution in [3.8, 4) is 0 Å². The zero-order chi connectivity index (χ0) is 14.7. The average molecular weight is 314 g/mol. The normalized spacial score (nSPS) is 12.6. The fraction of sp³-hybridized carbons (Fsp3) is 0.333. The third-order valence-corrected chi connectivity index (χ3v) is 4.34. The van der Waals surface area contributed by atoms with Crippen LogP contribution in [0.5, 0.6) is 0 Å². The summed E-state index contributed by atoms with van der Waals surface area (Å²) in [7, 11) is -8.47. The monoisotopic (exact) mass is 314 g/mol. The van der Waals surface area contributed by atoms with Crippen molar-refractivity contribution in [2.24, 2.45) is 5.14 Å². The van der Waals surface area contributed by atoms with Crippen molar-refractivity contribution in [3.63, 3.8) is 0 Å². The van der Waals surface area contributed by atoms with Crippen LogP contribution in [0.1, 0.15) is 0 Å². The van der Waals surface area contributed by atoms with Gasteiger partial charge in [-0.15, -0.1) is 0 Å². The highest BCUT2D eigenvalue weighted by molar-refractivity contribution is 7.91. The second-order valence-corrected chi connectivity index (χ2v) is 7.22. The van der Waals surface area contributed by atoms with Gasteiger partial charge in [-0.05, 0) is 12.1 Å². The van der Waals surface area contributed by atoms with Crippen LogP contribution in [0.15, 0.2) is 29.2 Å². The number of halogens is 2. The molecule has 0 aromatic heterocycles. The molecule has 3 N–H and O–H groups in total. The number of rotatable bonds is 6. The quantitative estimate of drug-likeness (QED) is 0.789. The van der Waals surface area contributed by atoms with Crippen molar-refractivity contribution in [1.82, 2.24) is 0 Å². The third kappa shape index (κ3) is 4.40. The first-order chi connectivity index (χ1) is 8.64. The lowest BCUT2D eigenvalue weighted by atomic mass is 10.3. The number of nitrogens with two attached hydrogens (primary N) is 1. The molecule has 0 fully saturated rings. The molecule has 0 saturated carbocycles. The van der Waals surface area contributed by atoms with Crippen LogP contribution in [0.25, 0.3) is 0 Å². The van der Waals surface area contributed by atoms with E-state index in [1.807, 2.05) is 0 Å². The fourth-order valence-corrected chi connectivity index (χ4v) is 2.58. The highest BCUT2D eigenvalue weighted by Gasteiger charge is 2.28. The molecular formula is C9H12F2N2O4S2. The van der Waals surface area contributed by atoms with E-state index in [1.165, 1.54) is 18.2 Å². The number of alkyl halides is 2. The Bertz CT molecular complexity index is 644.